The molecule has 1 N–H and O–H groups in total. The molecule has 0 bridgehead atoms. The fourth-order valence-corrected chi connectivity index (χ4v) is 3.22. The highest BCUT2D eigenvalue weighted by molar-refractivity contribution is 7.15. The summed E-state index contributed by atoms with van der Waals surface area (Å²) in [6.45, 7) is 4.03. The number of nitriles is 1. The second-order valence-electron chi connectivity index (χ2n) is 5.19. The number of H-pyrrole nitrogens is 1. The Kier molecular flexibility index (Phi) is 3.66. The predicted molar refractivity (Wildman–Crippen MR) is 90.0 cm³/mol. The van der Waals surface area contributed by atoms with Gasteiger partial charge in [-0.2, -0.15) is 5.26 Å². The van der Waals surface area contributed by atoms with Gasteiger partial charge in [-0.3, -0.25) is 4.79 Å². The van der Waals surface area contributed by atoms with Gasteiger partial charge in [0.25, 0.3) is 5.56 Å². The molecule has 0 atom stereocenters. The quantitative estimate of drug-likeness (QED) is 0.769. The Morgan fingerprint density at radius 2 is 1.82 bits per heavy atom. The zero-order valence-electron chi connectivity index (χ0n) is 12.3. The molecule has 3 rings (SSSR count). The van der Waals surface area contributed by atoms with Crippen molar-refractivity contribution in [1.29, 1.82) is 5.26 Å². The molecule has 0 radical (unpaired) electrons. The maximum absolute atomic E-state index is 12.2. The van der Waals surface area contributed by atoms with Gasteiger partial charge >= 0.3 is 0 Å². The number of pyridine rings is 1. The molecule has 0 spiro atoms. The molecular formula is C18H14N2OS. The molecule has 0 amide bonds. The second-order valence-corrected chi connectivity index (χ2v) is 6.48. The van der Waals surface area contributed by atoms with Crippen LogP contribution in [0.1, 0.15) is 16.0 Å². The fourth-order valence-electron chi connectivity index (χ4n) is 2.33. The third-order valence-electron chi connectivity index (χ3n) is 3.51. The Hall–Kier alpha value is -2.64. The van der Waals surface area contributed by atoms with Gasteiger partial charge in [-0.25, -0.2) is 0 Å². The van der Waals surface area contributed by atoms with Gasteiger partial charge in [0.05, 0.1) is 0 Å². The van der Waals surface area contributed by atoms with Crippen LogP contribution in [0.4, 0.5) is 0 Å². The molecule has 0 fully saturated rings. The second kappa shape index (κ2) is 5.63. The van der Waals surface area contributed by atoms with Crippen molar-refractivity contribution in [3.05, 3.63) is 68.8 Å². The minimum absolute atomic E-state index is 0.165. The van der Waals surface area contributed by atoms with Crippen LogP contribution in [-0.2, 0) is 0 Å². The lowest BCUT2D eigenvalue weighted by molar-refractivity contribution is 1.22. The van der Waals surface area contributed by atoms with Crippen LogP contribution in [-0.4, -0.2) is 4.98 Å². The molecule has 0 saturated carbocycles. The normalized spacial score (nSPS) is 10.4. The van der Waals surface area contributed by atoms with Crippen LogP contribution < -0.4 is 5.56 Å². The van der Waals surface area contributed by atoms with Gasteiger partial charge in [-0.05, 0) is 37.6 Å². The van der Waals surface area contributed by atoms with E-state index in [0.29, 0.717) is 5.56 Å². The van der Waals surface area contributed by atoms with E-state index in [2.05, 4.69) is 4.98 Å². The number of hydrogen-bond acceptors (Lipinski definition) is 3. The third kappa shape index (κ3) is 2.59. The van der Waals surface area contributed by atoms with Crippen molar-refractivity contribution in [2.45, 2.75) is 13.8 Å². The maximum atomic E-state index is 12.2. The molecule has 0 saturated heterocycles. The van der Waals surface area contributed by atoms with Gasteiger partial charge in [-0.15, -0.1) is 11.3 Å². The van der Waals surface area contributed by atoms with Crippen LogP contribution in [0.3, 0.4) is 0 Å². The molecular weight excluding hydrogens is 292 g/mol. The maximum Gasteiger partial charge on any atom is 0.267 e. The van der Waals surface area contributed by atoms with Crippen LogP contribution in [0, 0.1) is 25.2 Å². The van der Waals surface area contributed by atoms with Gasteiger partial charge in [0.2, 0.25) is 0 Å². The molecule has 0 aliphatic rings. The topological polar surface area (TPSA) is 56.6 Å². The summed E-state index contributed by atoms with van der Waals surface area (Å²) in [4.78, 5) is 17.1. The van der Waals surface area contributed by atoms with E-state index in [1.807, 2.05) is 62.4 Å². The molecule has 2 aromatic heterocycles. The third-order valence-corrected chi connectivity index (χ3v) is 4.55. The largest absolute Gasteiger partial charge is 0.321 e. The first-order valence-electron chi connectivity index (χ1n) is 6.90. The van der Waals surface area contributed by atoms with Crippen molar-refractivity contribution in [2.24, 2.45) is 0 Å². The molecule has 108 valence electrons. The summed E-state index contributed by atoms with van der Waals surface area (Å²) in [7, 11) is 0. The first kappa shape index (κ1) is 14.3. The molecule has 4 heteroatoms. The minimum Gasteiger partial charge on any atom is -0.321 e. The number of benzene rings is 1. The summed E-state index contributed by atoms with van der Waals surface area (Å²) in [6, 6.07) is 15.8. The highest BCUT2D eigenvalue weighted by Crippen LogP contribution is 2.31. The molecule has 22 heavy (non-hydrogen) atoms. The van der Waals surface area contributed by atoms with Gasteiger partial charge in [0.15, 0.2) is 0 Å². The number of nitrogens with one attached hydrogen (secondary N) is 1. The highest BCUT2D eigenvalue weighted by atomic mass is 32.1. The van der Waals surface area contributed by atoms with E-state index < -0.39 is 0 Å². The molecule has 1 aromatic carbocycles. The first-order valence-corrected chi connectivity index (χ1v) is 7.71. The summed E-state index contributed by atoms with van der Waals surface area (Å²) >= 11 is 1.58. The number of aryl methyl sites for hydroxylation is 2. The number of rotatable bonds is 2. The van der Waals surface area contributed by atoms with E-state index in [9.17, 15) is 10.1 Å². The van der Waals surface area contributed by atoms with Crippen molar-refractivity contribution < 1.29 is 0 Å². The van der Waals surface area contributed by atoms with Gasteiger partial charge < -0.3 is 4.98 Å². The fraction of sp³-hybridized carbons (Fsp3) is 0.111. The monoisotopic (exact) mass is 306 g/mol. The van der Waals surface area contributed by atoms with Gasteiger partial charge in [-0.1, -0.05) is 29.8 Å². The summed E-state index contributed by atoms with van der Waals surface area (Å²) in [5, 5.41) is 9.30. The van der Waals surface area contributed by atoms with Crippen molar-refractivity contribution in [3.8, 4) is 27.8 Å². The van der Waals surface area contributed by atoms with Crippen molar-refractivity contribution >= 4 is 11.3 Å². The van der Waals surface area contributed by atoms with E-state index in [1.165, 1.54) is 0 Å². The molecule has 3 aromatic rings. The Bertz CT molecular complexity index is 927. The summed E-state index contributed by atoms with van der Waals surface area (Å²) in [5.74, 6) is 0. The summed E-state index contributed by atoms with van der Waals surface area (Å²) in [6.07, 6.45) is 0. The molecule has 2 heterocycles. The van der Waals surface area contributed by atoms with E-state index >= 15 is 0 Å². The van der Waals surface area contributed by atoms with Crippen LogP contribution in [0.5, 0.6) is 0 Å². The highest BCUT2D eigenvalue weighted by Gasteiger charge is 2.13. The van der Waals surface area contributed by atoms with Crippen LogP contribution in [0.2, 0.25) is 0 Å². The first-order chi connectivity index (χ1) is 10.6. The van der Waals surface area contributed by atoms with Crippen molar-refractivity contribution in [2.75, 3.05) is 0 Å². The number of thiophene rings is 1. The lowest BCUT2D eigenvalue weighted by Crippen LogP contribution is -2.12. The van der Waals surface area contributed by atoms with Crippen molar-refractivity contribution in [3.63, 3.8) is 0 Å². The van der Waals surface area contributed by atoms with E-state index in [0.717, 1.165) is 26.6 Å². The average molecular weight is 306 g/mol. The van der Waals surface area contributed by atoms with Crippen LogP contribution in [0.25, 0.3) is 21.7 Å². The smallest absolute Gasteiger partial charge is 0.267 e. The Labute approximate surface area is 132 Å². The van der Waals surface area contributed by atoms with Crippen LogP contribution in [0.15, 0.2) is 47.3 Å². The standard InChI is InChI=1S/C18H14N2OS/c1-11-3-6-13(7-4-11)16-9-14(15(10-19)18(21)20-16)17-8-5-12(2)22-17/h3-9H,1-2H3,(H,20,21). The Morgan fingerprint density at radius 3 is 2.41 bits per heavy atom. The lowest BCUT2D eigenvalue weighted by atomic mass is 10.0. The van der Waals surface area contributed by atoms with Gasteiger partial charge in [0, 0.05) is 21.0 Å². The average Bonchev–Trinajstić information content (AvgIpc) is 2.93. The van der Waals surface area contributed by atoms with E-state index in [4.69, 9.17) is 0 Å². The summed E-state index contributed by atoms with van der Waals surface area (Å²) < 4.78 is 0. The number of aromatic amines is 1. The zero-order valence-corrected chi connectivity index (χ0v) is 13.1. The summed E-state index contributed by atoms with van der Waals surface area (Å²) in [5.41, 5.74) is 3.33. The zero-order chi connectivity index (χ0) is 15.7. The molecule has 3 nitrogen and oxygen atoms in total. The number of hydrogen-bond donors (Lipinski definition) is 1. The SMILES string of the molecule is Cc1ccc(-c2cc(-c3ccc(C)s3)c(C#N)c(=O)[nH]2)cc1. The number of aromatic nitrogens is 1. The Balaban J connectivity index is 2.23. The predicted octanol–water partition coefficient (Wildman–Crippen LogP) is 4.26. The van der Waals surface area contributed by atoms with E-state index in [1.54, 1.807) is 11.3 Å². The van der Waals surface area contributed by atoms with Crippen molar-refractivity contribution in [1.82, 2.24) is 4.98 Å². The minimum atomic E-state index is -0.346. The molecule has 0 aliphatic heterocycles. The molecule has 0 unspecified atom stereocenters. The molecule has 0 aliphatic carbocycles. The number of nitrogens with zero attached hydrogens (tertiary/aromatic N) is 1. The van der Waals surface area contributed by atoms with E-state index in [-0.39, 0.29) is 11.1 Å². The van der Waals surface area contributed by atoms with Crippen LogP contribution >= 0.6 is 11.3 Å². The lowest BCUT2D eigenvalue weighted by Gasteiger charge is -2.07. The van der Waals surface area contributed by atoms with Gasteiger partial charge in [0.1, 0.15) is 11.6 Å². The Morgan fingerprint density at radius 1 is 1.09 bits per heavy atom.